The predicted molar refractivity (Wildman–Crippen MR) is 98.5 cm³/mol. The Hall–Kier alpha value is -3.56. The maximum Gasteiger partial charge on any atom is 0.296 e. The van der Waals surface area contributed by atoms with Gasteiger partial charge in [-0.2, -0.15) is 0 Å². The molecule has 1 atom stereocenters. The van der Waals surface area contributed by atoms with Crippen LogP contribution in [0.15, 0.2) is 29.1 Å². The molecule has 152 valence electrons. The second-order valence-corrected chi connectivity index (χ2v) is 6.56. The number of aromatic hydroxyl groups is 1. The van der Waals surface area contributed by atoms with Gasteiger partial charge in [-0.3, -0.25) is 19.0 Å². The number of fused-ring (bicyclic) bond motifs is 1. The van der Waals surface area contributed by atoms with E-state index in [0.717, 1.165) is 0 Å². The summed E-state index contributed by atoms with van der Waals surface area (Å²) in [6.07, 6.45) is 0.497. The van der Waals surface area contributed by atoms with Crippen molar-refractivity contribution in [3.63, 3.8) is 0 Å². The molecule has 0 aliphatic carbocycles. The summed E-state index contributed by atoms with van der Waals surface area (Å²) in [5.74, 6) is -2.28. The zero-order chi connectivity index (χ0) is 21.1. The molecule has 0 bridgehead atoms. The van der Waals surface area contributed by atoms with E-state index in [1.807, 2.05) is 0 Å². The van der Waals surface area contributed by atoms with Gasteiger partial charge in [-0.25, -0.2) is 9.37 Å². The van der Waals surface area contributed by atoms with Crippen molar-refractivity contribution in [1.82, 2.24) is 19.8 Å². The largest absolute Gasteiger partial charge is 0.501 e. The van der Waals surface area contributed by atoms with E-state index in [9.17, 15) is 28.7 Å². The summed E-state index contributed by atoms with van der Waals surface area (Å²) in [5.41, 5.74) is -0.707. The van der Waals surface area contributed by atoms with Crippen LogP contribution in [0.4, 0.5) is 4.39 Å². The van der Waals surface area contributed by atoms with E-state index in [1.165, 1.54) is 40.7 Å². The Labute approximate surface area is 164 Å². The molecule has 1 aliphatic heterocycles. The minimum absolute atomic E-state index is 0.0238. The van der Waals surface area contributed by atoms with Crippen molar-refractivity contribution in [3.8, 4) is 5.75 Å². The molecule has 1 aromatic carbocycles. The number of amides is 2. The molecule has 1 aliphatic rings. The average Bonchev–Trinajstić information content (AvgIpc) is 2.70. The predicted octanol–water partition coefficient (Wildman–Crippen LogP) is 0.510. The number of carbonyl (C=O) groups is 3. The number of benzene rings is 1. The minimum Gasteiger partial charge on any atom is -0.501 e. The minimum atomic E-state index is -0.818. The molecule has 3 rings (SSSR count). The van der Waals surface area contributed by atoms with E-state index < -0.39 is 34.8 Å². The van der Waals surface area contributed by atoms with Crippen molar-refractivity contribution in [2.45, 2.75) is 32.5 Å². The number of nitrogens with one attached hydrogen (secondary N) is 1. The molecule has 9 nitrogen and oxygen atoms in total. The lowest BCUT2D eigenvalue weighted by Gasteiger charge is -2.35. The van der Waals surface area contributed by atoms with Crippen LogP contribution in [0.2, 0.25) is 0 Å². The SMILES string of the molecule is CC(=O)N1CCn2c(nc(C(=O)NCc3ccc(F)cc3)c(O)c2=O)C1CC=O. The Bertz CT molecular complexity index is 1020. The van der Waals surface area contributed by atoms with Crippen LogP contribution >= 0.6 is 0 Å². The smallest absolute Gasteiger partial charge is 0.296 e. The standard InChI is InChI=1S/C19H19FN4O5/c1-11(26)23-7-8-24-17(14(23)6-9-25)22-15(16(27)19(24)29)18(28)21-10-12-2-4-13(20)5-3-12/h2-5,9,14,27H,6-8,10H2,1H3,(H,21,28). The highest BCUT2D eigenvalue weighted by Gasteiger charge is 2.33. The summed E-state index contributed by atoms with van der Waals surface area (Å²) in [5, 5.41) is 12.7. The zero-order valence-electron chi connectivity index (χ0n) is 15.6. The van der Waals surface area contributed by atoms with Crippen LogP contribution in [0, 0.1) is 5.82 Å². The summed E-state index contributed by atoms with van der Waals surface area (Å²) in [7, 11) is 0. The highest BCUT2D eigenvalue weighted by Crippen LogP contribution is 2.27. The number of nitrogens with zero attached hydrogens (tertiary/aromatic N) is 3. The van der Waals surface area contributed by atoms with Gasteiger partial charge in [0.05, 0.1) is 6.04 Å². The van der Waals surface area contributed by atoms with Crippen molar-refractivity contribution in [2.75, 3.05) is 6.54 Å². The average molecular weight is 402 g/mol. The molecule has 2 N–H and O–H groups in total. The molecular weight excluding hydrogens is 383 g/mol. The summed E-state index contributed by atoms with van der Waals surface area (Å²) >= 11 is 0. The highest BCUT2D eigenvalue weighted by molar-refractivity contribution is 5.94. The van der Waals surface area contributed by atoms with Crippen LogP contribution in [-0.4, -0.2) is 44.2 Å². The van der Waals surface area contributed by atoms with Crippen LogP contribution in [0.3, 0.4) is 0 Å². The van der Waals surface area contributed by atoms with E-state index in [2.05, 4.69) is 10.3 Å². The molecule has 29 heavy (non-hydrogen) atoms. The molecular formula is C19H19FN4O5. The van der Waals surface area contributed by atoms with Crippen molar-refractivity contribution in [1.29, 1.82) is 0 Å². The Morgan fingerprint density at radius 2 is 2.00 bits per heavy atom. The number of hydrogen-bond acceptors (Lipinski definition) is 6. The van der Waals surface area contributed by atoms with E-state index >= 15 is 0 Å². The van der Waals surface area contributed by atoms with Crippen molar-refractivity contribution < 1.29 is 23.9 Å². The van der Waals surface area contributed by atoms with Crippen molar-refractivity contribution >= 4 is 18.1 Å². The van der Waals surface area contributed by atoms with E-state index in [4.69, 9.17) is 0 Å². The third-order valence-corrected chi connectivity index (χ3v) is 4.72. The fourth-order valence-electron chi connectivity index (χ4n) is 3.26. The molecule has 2 aromatic rings. The quantitative estimate of drug-likeness (QED) is 0.703. The highest BCUT2D eigenvalue weighted by atomic mass is 19.1. The topological polar surface area (TPSA) is 122 Å². The van der Waals surface area contributed by atoms with Gasteiger partial charge < -0.3 is 20.1 Å². The lowest BCUT2D eigenvalue weighted by Crippen LogP contribution is -2.46. The number of carbonyl (C=O) groups excluding carboxylic acids is 3. The Balaban J connectivity index is 1.93. The molecule has 0 saturated heterocycles. The first-order valence-corrected chi connectivity index (χ1v) is 8.90. The zero-order valence-corrected chi connectivity index (χ0v) is 15.6. The summed E-state index contributed by atoms with van der Waals surface area (Å²) in [6, 6.07) is 4.63. The summed E-state index contributed by atoms with van der Waals surface area (Å²) in [4.78, 5) is 53.6. The van der Waals surface area contributed by atoms with E-state index in [0.29, 0.717) is 11.8 Å². The first kappa shape index (κ1) is 20.2. The molecule has 10 heteroatoms. The normalized spacial score (nSPS) is 15.5. The Kier molecular flexibility index (Phi) is 5.71. The molecule has 2 amide bonds. The lowest BCUT2D eigenvalue weighted by atomic mass is 10.1. The fourth-order valence-corrected chi connectivity index (χ4v) is 3.26. The van der Waals surface area contributed by atoms with Gasteiger partial charge in [0.2, 0.25) is 11.7 Å². The first-order chi connectivity index (χ1) is 13.8. The van der Waals surface area contributed by atoms with Crippen molar-refractivity contribution in [2.24, 2.45) is 0 Å². The van der Waals surface area contributed by atoms with Crippen LogP contribution < -0.4 is 10.9 Å². The van der Waals surface area contributed by atoms with E-state index in [1.54, 1.807) is 0 Å². The second kappa shape index (κ2) is 8.21. The lowest BCUT2D eigenvalue weighted by molar-refractivity contribution is -0.133. The molecule has 0 saturated carbocycles. The fraction of sp³-hybridized carbons (Fsp3) is 0.316. The van der Waals surface area contributed by atoms with Crippen molar-refractivity contribution in [3.05, 3.63) is 57.5 Å². The van der Waals surface area contributed by atoms with Gasteiger partial charge in [-0.15, -0.1) is 0 Å². The molecule has 0 spiro atoms. The van der Waals surface area contributed by atoms with Crippen LogP contribution in [0.1, 0.15) is 41.3 Å². The Morgan fingerprint density at radius 1 is 1.31 bits per heavy atom. The number of hydrogen-bond donors (Lipinski definition) is 2. The van der Waals surface area contributed by atoms with Gasteiger partial charge in [-0.1, -0.05) is 12.1 Å². The maximum atomic E-state index is 13.0. The number of rotatable bonds is 5. The number of aromatic nitrogens is 2. The molecule has 2 heterocycles. The molecule has 1 unspecified atom stereocenters. The monoisotopic (exact) mass is 402 g/mol. The third-order valence-electron chi connectivity index (χ3n) is 4.72. The molecule has 1 aromatic heterocycles. The van der Waals surface area contributed by atoms with Gasteiger partial charge in [0.1, 0.15) is 17.9 Å². The number of aldehydes is 1. The summed E-state index contributed by atoms with van der Waals surface area (Å²) < 4.78 is 14.1. The van der Waals surface area contributed by atoms with E-state index in [-0.39, 0.29) is 37.8 Å². The molecule has 0 radical (unpaired) electrons. The maximum absolute atomic E-state index is 13.0. The summed E-state index contributed by atoms with van der Waals surface area (Å²) in [6.45, 7) is 1.62. The van der Waals surface area contributed by atoms with Gasteiger partial charge in [-0.05, 0) is 17.7 Å². The van der Waals surface area contributed by atoms with Crippen LogP contribution in [-0.2, 0) is 22.7 Å². The van der Waals surface area contributed by atoms with Crippen LogP contribution in [0.5, 0.6) is 5.75 Å². The van der Waals surface area contributed by atoms with Gasteiger partial charge in [0.25, 0.3) is 11.5 Å². The van der Waals surface area contributed by atoms with Crippen LogP contribution in [0.25, 0.3) is 0 Å². The second-order valence-electron chi connectivity index (χ2n) is 6.56. The van der Waals surface area contributed by atoms with Gasteiger partial charge in [0.15, 0.2) is 5.69 Å². The third kappa shape index (κ3) is 4.00. The van der Waals surface area contributed by atoms with Gasteiger partial charge >= 0.3 is 0 Å². The Morgan fingerprint density at radius 3 is 2.62 bits per heavy atom. The number of halogens is 1. The van der Waals surface area contributed by atoms with Gasteiger partial charge in [0, 0.05) is 33.0 Å². The first-order valence-electron chi connectivity index (χ1n) is 8.90. The molecule has 0 fully saturated rings.